The number of rotatable bonds is 5. The molecule has 138 valence electrons. The molecule has 0 aromatic heterocycles. The maximum absolute atomic E-state index is 12.5. The molecule has 0 bridgehead atoms. The Hall–Kier alpha value is -1.64. The number of halogens is 2. The van der Waals surface area contributed by atoms with E-state index in [0.717, 1.165) is 42.2 Å². The first-order valence-corrected chi connectivity index (χ1v) is 8.57. The van der Waals surface area contributed by atoms with Crippen molar-refractivity contribution < 1.29 is 23.1 Å². The van der Waals surface area contributed by atoms with Gasteiger partial charge in [0.05, 0.1) is 38.2 Å². The van der Waals surface area contributed by atoms with Crippen molar-refractivity contribution in [1.29, 1.82) is 0 Å². The van der Waals surface area contributed by atoms with Crippen molar-refractivity contribution in [3.8, 4) is 5.75 Å². The van der Waals surface area contributed by atoms with Gasteiger partial charge in [0.1, 0.15) is 11.4 Å². The third kappa shape index (κ3) is 3.26. The van der Waals surface area contributed by atoms with Crippen LogP contribution in [-0.2, 0) is 16.0 Å². The minimum absolute atomic E-state index is 0.184. The third-order valence-electron chi connectivity index (χ3n) is 5.00. The molecule has 8 heteroatoms. The number of alkyl halides is 2. The first-order valence-electron chi connectivity index (χ1n) is 8.57. The summed E-state index contributed by atoms with van der Waals surface area (Å²) in [6, 6.07) is 4.08. The molecule has 3 aliphatic heterocycles. The molecule has 4 rings (SSSR count). The highest BCUT2D eigenvalue weighted by Crippen LogP contribution is 2.45. The van der Waals surface area contributed by atoms with Crippen LogP contribution >= 0.6 is 0 Å². The second-order valence-electron chi connectivity index (χ2n) is 6.91. The van der Waals surface area contributed by atoms with Crippen LogP contribution in [-0.4, -0.2) is 70.0 Å². The average Bonchev–Trinajstić information content (AvgIpc) is 2.93. The van der Waals surface area contributed by atoms with Gasteiger partial charge in [0, 0.05) is 44.2 Å². The summed E-state index contributed by atoms with van der Waals surface area (Å²) in [5.74, 6) is 0.847. The average molecular weight is 355 g/mol. The summed E-state index contributed by atoms with van der Waals surface area (Å²) in [6.07, 6.45) is -1.56. The van der Waals surface area contributed by atoms with Crippen molar-refractivity contribution in [3.63, 3.8) is 0 Å². The minimum Gasteiger partial charge on any atom is -0.484 e. The topological polar surface area (TPSA) is 46.2 Å². The molecule has 0 atom stereocenters. The molecule has 3 aliphatic rings. The zero-order valence-corrected chi connectivity index (χ0v) is 14.3. The van der Waals surface area contributed by atoms with Crippen LogP contribution in [0.15, 0.2) is 12.1 Å². The number of nitrogens with zero attached hydrogens (tertiary/aromatic N) is 2. The number of anilines is 2. The summed E-state index contributed by atoms with van der Waals surface area (Å²) in [6.45, 7) is 3.91. The molecule has 0 unspecified atom stereocenters. The van der Waals surface area contributed by atoms with Crippen molar-refractivity contribution in [2.45, 2.75) is 18.4 Å². The van der Waals surface area contributed by atoms with Gasteiger partial charge in [-0.15, -0.1) is 0 Å². The van der Waals surface area contributed by atoms with E-state index in [4.69, 9.17) is 14.3 Å². The predicted molar refractivity (Wildman–Crippen MR) is 89.6 cm³/mol. The van der Waals surface area contributed by atoms with E-state index in [9.17, 15) is 8.78 Å². The highest BCUT2D eigenvalue weighted by atomic mass is 19.3. The van der Waals surface area contributed by atoms with Crippen LogP contribution in [0.25, 0.3) is 0 Å². The minimum atomic E-state index is -2.30. The summed E-state index contributed by atoms with van der Waals surface area (Å²) in [5, 5.41) is 0. The number of nitrogens with one attached hydrogen (secondary N) is 1. The summed E-state index contributed by atoms with van der Waals surface area (Å²) in [7, 11) is 1.59. The molecule has 0 radical (unpaired) electrons. The van der Waals surface area contributed by atoms with E-state index in [1.807, 2.05) is 12.1 Å². The van der Waals surface area contributed by atoms with E-state index in [0.29, 0.717) is 26.3 Å². The highest BCUT2D eigenvalue weighted by molar-refractivity contribution is 5.74. The molecule has 6 nitrogen and oxygen atoms in total. The Balaban J connectivity index is 1.53. The Labute approximate surface area is 145 Å². The van der Waals surface area contributed by atoms with Gasteiger partial charge in [-0.1, -0.05) is 0 Å². The summed E-state index contributed by atoms with van der Waals surface area (Å²) >= 11 is 0. The molecule has 0 aliphatic carbocycles. The molecule has 25 heavy (non-hydrogen) atoms. The number of hydrogen-bond acceptors (Lipinski definition) is 6. The van der Waals surface area contributed by atoms with Crippen LogP contribution < -0.4 is 15.1 Å². The number of fused-ring (bicyclic) bond motifs is 1. The lowest BCUT2D eigenvalue weighted by Gasteiger charge is -2.46. The summed E-state index contributed by atoms with van der Waals surface area (Å²) in [5.41, 5.74) is 5.60. The second-order valence-corrected chi connectivity index (χ2v) is 6.91. The third-order valence-corrected chi connectivity index (χ3v) is 5.00. The van der Waals surface area contributed by atoms with Crippen LogP contribution in [0, 0.1) is 0 Å². The van der Waals surface area contributed by atoms with Crippen molar-refractivity contribution in [2.24, 2.45) is 0 Å². The fourth-order valence-corrected chi connectivity index (χ4v) is 3.99. The smallest absolute Gasteiger partial charge is 0.251 e. The Morgan fingerprint density at radius 2 is 2.04 bits per heavy atom. The van der Waals surface area contributed by atoms with Crippen LogP contribution in [0.2, 0.25) is 0 Å². The van der Waals surface area contributed by atoms with Gasteiger partial charge in [-0.25, -0.2) is 8.78 Å². The first kappa shape index (κ1) is 16.8. The SMILES string of the molecule is CONc1cc2c(cc1N1CCOCC1)OC1(C2)CN(CC(F)F)C1. The second kappa shape index (κ2) is 6.59. The monoisotopic (exact) mass is 355 g/mol. The van der Waals surface area contributed by atoms with Gasteiger partial charge in [-0.2, -0.15) is 0 Å². The van der Waals surface area contributed by atoms with Crippen molar-refractivity contribution in [1.82, 2.24) is 4.90 Å². The molecule has 2 fully saturated rings. The van der Waals surface area contributed by atoms with Gasteiger partial charge in [0.25, 0.3) is 6.43 Å². The molecule has 1 aromatic carbocycles. The number of benzene rings is 1. The molecule has 0 amide bonds. The normalized spacial score (nSPS) is 22.0. The molecule has 1 N–H and O–H groups in total. The van der Waals surface area contributed by atoms with E-state index in [2.05, 4.69) is 10.4 Å². The zero-order valence-electron chi connectivity index (χ0n) is 14.3. The molecule has 2 saturated heterocycles. The van der Waals surface area contributed by atoms with Crippen molar-refractivity contribution >= 4 is 11.4 Å². The van der Waals surface area contributed by atoms with E-state index >= 15 is 0 Å². The summed E-state index contributed by atoms with van der Waals surface area (Å²) < 4.78 is 36.7. The van der Waals surface area contributed by atoms with Crippen LogP contribution in [0.1, 0.15) is 5.56 Å². The van der Waals surface area contributed by atoms with Crippen LogP contribution in [0.4, 0.5) is 20.2 Å². The number of morpholine rings is 1. The molecule has 0 saturated carbocycles. The highest BCUT2D eigenvalue weighted by Gasteiger charge is 2.50. The zero-order chi connectivity index (χ0) is 17.4. The van der Waals surface area contributed by atoms with Gasteiger partial charge in [0.2, 0.25) is 0 Å². The largest absolute Gasteiger partial charge is 0.484 e. The van der Waals surface area contributed by atoms with Crippen molar-refractivity contribution in [2.75, 3.05) is 63.4 Å². The Morgan fingerprint density at radius 1 is 1.28 bits per heavy atom. The van der Waals surface area contributed by atoms with E-state index in [1.54, 1.807) is 12.0 Å². The number of likely N-dealkylation sites (tertiary alicyclic amines) is 1. The van der Waals surface area contributed by atoms with Gasteiger partial charge in [-0.3, -0.25) is 15.2 Å². The first-order chi connectivity index (χ1) is 12.1. The predicted octanol–water partition coefficient (Wildman–Crippen LogP) is 1.75. The number of ether oxygens (including phenoxy) is 2. The van der Waals surface area contributed by atoms with E-state index in [-0.39, 0.29) is 12.1 Å². The van der Waals surface area contributed by atoms with Gasteiger partial charge < -0.3 is 14.4 Å². The quantitative estimate of drug-likeness (QED) is 0.812. The molecular weight excluding hydrogens is 332 g/mol. The molecule has 1 spiro atoms. The van der Waals surface area contributed by atoms with E-state index < -0.39 is 6.43 Å². The Morgan fingerprint density at radius 3 is 2.72 bits per heavy atom. The fourth-order valence-electron chi connectivity index (χ4n) is 3.99. The lowest BCUT2D eigenvalue weighted by Crippen LogP contribution is -2.65. The molecular formula is C17H23F2N3O3. The van der Waals surface area contributed by atoms with E-state index in [1.165, 1.54) is 0 Å². The van der Waals surface area contributed by atoms with Gasteiger partial charge in [0.15, 0.2) is 0 Å². The Kier molecular flexibility index (Phi) is 4.43. The summed E-state index contributed by atoms with van der Waals surface area (Å²) in [4.78, 5) is 9.12. The lowest BCUT2D eigenvalue weighted by molar-refractivity contribution is -0.0811. The van der Waals surface area contributed by atoms with Gasteiger partial charge in [-0.05, 0) is 6.07 Å². The maximum atomic E-state index is 12.5. The molecule has 1 aromatic rings. The molecule has 3 heterocycles. The standard InChI is InChI=1S/C17H23F2N3O3/c1-23-20-13-6-12-8-17(10-21(11-17)9-16(18)19)25-15(12)7-14(13)22-2-4-24-5-3-22/h6-7,16,20H,2-5,8-11H2,1H3. The van der Waals surface area contributed by atoms with Crippen LogP contribution in [0.3, 0.4) is 0 Å². The van der Waals surface area contributed by atoms with Crippen molar-refractivity contribution in [3.05, 3.63) is 17.7 Å². The van der Waals surface area contributed by atoms with Gasteiger partial charge >= 0.3 is 0 Å². The fraction of sp³-hybridized carbons (Fsp3) is 0.647. The Bertz CT molecular complexity index is 632. The van der Waals surface area contributed by atoms with Crippen LogP contribution in [0.5, 0.6) is 5.75 Å². The maximum Gasteiger partial charge on any atom is 0.251 e. The lowest BCUT2D eigenvalue weighted by atomic mass is 9.89. The number of hydrogen-bond donors (Lipinski definition) is 1.